The third kappa shape index (κ3) is 4.07. The SMILES string of the molecule is Cl.Clc1ccccc1/C=N/Nc1nc(-c2ccccc2)cs1. The fraction of sp³-hybridized carbons (Fsp3) is 0. The van der Waals surface area contributed by atoms with Gasteiger partial charge >= 0.3 is 0 Å². The Kier molecular flexibility index (Phi) is 5.95. The van der Waals surface area contributed by atoms with Crippen molar-refractivity contribution in [2.45, 2.75) is 0 Å². The van der Waals surface area contributed by atoms with E-state index in [1.807, 2.05) is 60.0 Å². The molecule has 0 radical (unpaired) electrons. The number of aromatic nitrogens is 1. The van der Waals surface area contributed by atoms with Crippen molar-refractivity contribution in [2.75, 3.05) is 5.43 Å². The third-order valence-electron chi connectivity index (χ3n) is 2.84. The molecular weight excluding hydrogens is 337 g/mol. The van der Waals surface area contributed by atoms with Crippen LogP contribution in [0.3, 0.4) is 0 Å². The van der Waals surface area contributed by atoms with Crippen LogP contribution in [-0.2, 0) is 0 Å². The lowest BCUT2D eigenvalue weighted by Crippen LogP contribution is -1.90. The standard InChI is InChI=1S/C16H12ClN3S.ClH/c17-14-9-5-4-8-13(14)10-18-20-16-19-15(11-21-16)12-6-2-1-3-7-12;/h1-11H,(H,19,20);1H/b18-10+;. The van der Waals surface area contributed by atoms with Crippen molar-refractivity contribution in [3.05, 3.63) is 70.6 Å². The van der Waals surface area contributed by atoms with E-state index in [4.69, 9.17) is 11.6 Å². The van der Waals surface area contributed by atoms with Gasteiger partial charge in [0.05, 0.1) is 11.9 Å². The van der Waals surface area contributed by atoms with Gasteiger partial charge in [-0.15, -0.1) is 23.7 Å². The first kappa shape index (κ1) is 16.5. The van der Waals surface area contributed by atoms with Crippen LogP contribution in [0, 0.1) is 0 Å². The highest BCUT2D eigenvalue weighted by atomic mass is 35.5. The molecule has 1 aromatic heterocycles. The number of thiazole rings is 1. The van der Waals surface area contributed by atoms with E-state index in [1.165, 1.54) is 11.3 Å². The van der Waals surface area contributed by atoms with Crippen molar-refractivity contribution in [1.82, 2.24) is 4.98 Å². The van der Waals surface area contributed by atoms with E-state index in [0.29, 0.717) is 5.02 Å². The number of rotatable bonds is 4. The van der Waals surface area contributed by atoms with Gasteiger partial charge in [0.25, 0.3) is 0 Å². The summed E-state index contributed by atoms with van der Waals surface area (Å²) in [5.41, 5.74) is 5.83. The highest BCUT2D eigenvalue weighted by Crippen LogP contribution is 2.24. The smallest absolute Gasteiger partial charge is 0.203 e. The number of anilines is 1. The molecule has 0 aliphatic heterocycles. The number of hydrogen-bond donors (Lipinski definition) is 1. The number of nitrogens with zero attached hydrogens (tertiary/aromatic N) is 2. The molecule has 6 heteroatoms. The van der Waals surface area contributed by atoms with Crippen LogP contribution in [0.5, 0.6) is 0 Å². The molecule has 3 aromatic rings. The zero-order chi connectivity index (χ0) is 14.5. The Hall–Kier alpha value is -1.88. The summed E-state index contributed by atoms with van der Waals surface area (Å²) in [7, 11) is 0. The Morgan fingerprint density at radius 3 is 2.55 bits per heavy atom. The van der Waals surface area contributed by atoms with Gasteiger partial charge in [-0.2, -0.15) is 5.10 Å². The van der Waals surface area contributed by atoms with Gasteiger partial charge in [-0.05, 0) is 6.07 Å². The van der Waals surface area contributed by atoms with Gasteiger partial charge in [0, 0.05) is 21.5 Å². The second-order valence-electron chi connectivity index (χ2n) is 4.30. The van der Waals surface area contributed by atoms with Crippen molar-refractivity contribution in [1.29, 1.82) is 0 Å². The molecule has 0 saturated carbocycles. The summed E-state index contributed by atoms with van der Waals surface area (Å²) in [5.74, 6) is 0. The average molecular weight is 350 g/mol. The molecule has 1 N–H and O–H groups in total. The largest absolute Gasteiger partial charge is 0.253 e. The summed E-state index contributed by atoms with van der Waals surface area (Å²) in [5, 5.41) is 7.59. The van der Waals surface area contributed by atoms with Gasteiger partial charge in [-0.3, -0.25) is 5.43 Å². The second-order valence-corrected chi connectivity index (χ2v) is 5.56. The molecule has 0 atom stereocenters. The zero-order valence-corrected chi connectivity index (χ0v) is 13.8. The maximum atomic E-state index is 6.06. The summed E-state index contributed by atoms with van der Waals surface area (Å²) in [6.45, 7) is 0. The molecule has 112 valence electrons. The minimum absolute atomic E-state index is 0. The number of halogens is 2. The van der Waals surface area contributed by atoms with Gasteiger partial charge in [0.1, 0.15) is 0 Å². The molecule has 0 aliphatic rings. The molecule has 2 aromatic carbocycles. The van der Waals surface area contributed by atoms with Crippen molar-refractivity contribution >= 4 is 46.7 Å². The van der Waals surface area contributed by atoms with Gasteiger partial charge in [0.15, 0.2) is 0 Å². The molecule has 1 heterocycles. The lowest BCUT2D eigenvalue weighted by Gasteiger charge is -1.97. The normalized spacial score (nSPS) is 10.4. The van der Waals surface area contributed by atoms with Crippen LogP contribution >= 0.6 is 35.3 Å². The quantitative estimate of drug-likeness (QED) is 0.510. The number of nitrogens with one attached hydrogen (secondary N) is 1. The van der Waals surface area contributed by atoms with Gasteiger partial charge in [-0.25, -0.2) is 4.98 Å². The Bertz CT molecular complexity index is 757. The summed E-state index contributed by atoms with van der Waals surface area (Å²) in [6, 6.07) is 17.6. The molecule has 3 rings (SSSR count). The first-order chi connectivity index (χ1) is 10.3. The molecule has 0 unspecified atom stereocenters. The maximum absolute atomic E-state index is 6.06. The number of benzene rings is 2. The fourth-order valence-electron chi connectivity index (χ4n) is 1.80. The number of hydrogen-bond acceptors (Lipinski definition) is 4. The van der Waals surface area contributed by atoms with Crippen molar-refractivity contribution in [2.24, 2.45) is 5.10 Å². The van der Waals surface area contributed by atoms with Crippen molar-refractivity contribution in [3.63, 3.8) is 0 Å². The minimum atomic E-state index is 0. The minimum Gasteiger partial charge on any atom is -0.253 e. The predicted octanol–water partition coefficient (Wildman–Crippen LogP) is 5.33. The Morgan fingerprint density at radius 2 is 1.77 bits per heavy atom. The van der Waals surface area contributed by atoms with Crippen LogP contribution in [-0.4, -0.2) is 11.2 Å². The topological polar surface area (TPSA) is 37.3 Å². The monoisotopic (exact) mass is 349 g/mol. The van der Waals surface area contributed by atoms with E-state index in [2.05, 4.69) is 15.5 Å². The van der Waals surface area contributed by atoms with E-state index in [9.17, 15) is 0 Å². The van der Waals surface area contributed by atoms with Gasteiger partial charge in [-0.1, -0.05) is 60.1 Å². The molecule has 0 fully saturated rings. The predicted molar refractivity (Wildman–Crippen MR) is 97.5 cm³/mol. The lowest BCUT2D eigenvalue weighted by atomic mass is 10.2. The Labute approximate surface area is 144 Å². The van der Waals surface area contributed by atoms with Crippen molar-refractivity contribution in [3.8, 4) is 11.3 Å². The molecular formula is C16H13Cl2N3S. The highest BCUT2D eigenvalue weighted by molar-refractivity contribution is 7.14. The zero-order valence-electron chi connectivity index (χ0n) is 11.4. The maximum Gasteiger partial charge on any atom is 0.203 e. The Balaban J connectivity index is 0.00000176. The third-order valence-corrected chi connectivity index (χ3v) is 3.93. The van der Waals surface area contributed by atoms with E-state index in [0.717, 1.165) is 22.0 Å². The summed E-state index contributed by atoms with van der Waals surface area (Å²) >= 11 is 7.57. The summed E-state index contributed by atoms with van der Waals surface area (Å²) in [6.07, 6.45) is 1.69. The Morgan fingerprint density at radius 1 is 1.05 bits per heavy atom. The molecule has 3 nitrogen and oxygen atoms in total. The highest BCUT2D eigenvalue weighted by Gasteiger charge is 2.02. The molecule has 0 spiro atoms. The van der Waals surface area contributed by atoms with Crippen LogP contribution in [0.25, 0.3) is 11.3 Å². The van der Waals surface area contributed by atoms with Crippen LogP contribution in [0.1, 0.15) is 5.56 Å². The van der Waals surface area contributed by atoms with E-state index >= 15 is 0 Å². The molecule has 0 aliphatic carbocycles. The van der Waals surface area contributed by atoms with Crippen LogP contribution in [0.2, 0.25) is 5.02 Å². The van der Waals surface area contributed by atoms with Crippen molar-refractivity contribution < 1.29 is 0 Å². The summed E-state index contributed by atoms with van der Waals surface area (Å²) < 4.78 is 0. The van der Waals surface area contributed by atoms with E-state index in [1.54, 1.807) is 6.21 Å². The fourth-order valence-corrected chi connectivity index (χ4v) is 2.66. The van der Waals surface area contributed by atoms with Crippen LogP contribution in [0.4, 0.5) is 5.13 Å². The van der Waals surface area contributed by atoms with Gasteiger partial charge in [0.2, 0.25) is 5.13 Å². The first-order valence-corrected chi connectivity index (χ1v) is 7.63. The number of hydrazone groups is 1. The van der Waals surface area contributed by atoms with Crippen LogP contribution < -0.4 is 5.43 Å². The molecule has 22 heavy (non-hydrogen) atoms. The van der Waals surface area contributed by atoms with E-state index < -0.39 is 0 Å². The second kappa shape index (κ2) is 7.94. The van der Waals surface area contributed by atoms with Gasteiger partial charge < -0.3 is 0 Å². The lowest BCUT2D eigenvalue weighted by molar-refractivity contribution is 1.29. The van der Waals surface area contributed by atoms with E-state index in [-0.39, 0.29) is 12.4 Å². The average Bonchev–Trinajstić information content (AvgIpc) is 2.99. The molecule has 0 saturated heterocycles. The van der Waals surface area contributed by atoms with Crippen LogP contribution in [0.15, 0.2) is 65.1 Å². The molecule has 0 amide bonds. The summed E-state index contributed by atoms with van der Waals surface area (Å²) in [4.78, 5) is 4.49. The first-order valence-electron chi connectivity index (χ1n) is 6.37. The molecule has 0 bridgehead atoms.